The van der Waals surface area contributed by atoms with Crippen LogP contribution in [0.25, 0.3) is 0 Å². The summed E-state index contributed by atoms with van der Waals surface area (Å²) >= 11 is 12.2. The lowest BCUT2D eigenvalue weighted by atomic mass is 9.96. The van der Waals surface area contributed by atoms with Crippen LogP contribution in [0.5, 0.6) is 0 Å². The van der Waals surface area contributed by atoms with E-state index >= 15 is 0 Å². The van der Waals surface area contributed by atoms with Crippen molar-refractivity contribution in [2.75, 3.05) is 0 Å². The van der Waals surface area contributed by atoms with Gasteiger partial charge in [0, 0.05) is 10.0 Å². The molecule has 0 heterocycles. The lowest BCUT2D eigenvalue weighted by Gasteiger charge is -2.13. The van der Waals surface area contributed by atoms with Crippen LogP contribution in [0.2, 0.25) is 10.0 Å². The highest BCUT2D eigenvalue weighted by Gasteiger charge is 2.11. The van der Waals surface area contributed by atoms with Crippen LogP contribution in [0.1, 0.15) is 38.2 Å². The van der Waals surface area contributed by atoms with Gasteiger partial charge in [0.15, 0.2) is 0 Å². The first-order chi connectivity index (χ1) is 6.16. The quantitative estimate of drug-likeness (QED) is 0.675. The molecule has 0 aliphatic rings. The molecular weight excluding hydrogens is 203 g/mol. The van der Waals surface area contributed by atoms with Crippen molar-refractivity contribution in [3.63, 3.8) is 0 Å². The van der Waals surface area contributed by atoms with E-state index in [0.29, 0.717) is 5.92 Å². The van der Waals surface area contributed by atoms with Crippen molar-refractivity contribution < 1.29 is 0 Å². The van der Waals surface area contributed by atoms with E-state index in [4.69, 9.17) is 23.2 Å². The molecule has 0 fully saturated rings. The van der Waals surface area contributed by atoms with Gasteiger partial charge in [-0.1, -0.05) is 49.5 Å². The second-order valence-corrected chi connectivity index (χ2v) is 4.14. The van der Waals surface area contributed by atoms with Crippen LogP contribution in [0.4, 0.5) is 0 Å². The van der Waals surface area contributed by atoms with Crippen LogP contribution in [-0.4, -0.2) is 0 Å². The van der Waals surface area contributed by atoms with Crippen molar-refractivity contribution in [3.05, 3.63) is 33.8 Å². The molecule has 1 aromatic carbocycles. The number of benzene rings is 1. The Kier molecular flexibility index (Phi) is 4.08. The molecule has 0 aromatic heterocycles. The summed E-state index contributed by atoms with van der Waals surface area (Å²) in [5, 5.41) is 1.57. The largest absolute Gasteiger partial charge is 0.0840 e. The van der Waals surface area contributed by atoms with Crippen LogP contribution in [0.15, 0.2) is 18.2 Å². The maximum absolute atomic E-state index is 6.08. The Hall–Kier alpha value is -0.200. The maximum atomic E-state index is 6.08. The van der Waals surface area contributed by atoms with Crippen molar-refractivity contribution in [1.82, 2.24) is 0 Å². The average Bonchev–Trinajstić information content (AvgIpc) is 2.04. The number of halogens is 2. The molecule has 0 spiro atoms. The van der Waals surface area contributed by atoms with Gasteiger partial charge in [0.1, 0.15) is 0 Å². The van der Waals surface area contributed by atoms with Gasteiger partial charge in [0.25, 0.3) is 0 Å². The summed E-state index contributed by atoms with van der Waals surface area (Å²) in [5.41, 5.74) is 1.09. The molecule has 1 aromatic rings. The predicted octanol–water partition coefficient (Wildman–Crippen LogP) is 4.90. The second-order valence-electron chi connectivity index (χ2n) is 3.33. The molecule has 1 atom stereocenters. The van der Waals surface area contributed by atoms with Crippen LogP contribution in [-0.2, 0) is 0 Å². The molecule has 0 saturated heterocycles. The molecule has 2 heteroatoms. The molecule has 0 saturated carbocycles. The van der Waals surface area contributed by atoms with Gasteiger partial charge in [0.2, 0.25) is 0 Å². The highest BCUT2D eigenvalue weighted by Crippen LogP contribution is 2.33. The van der Waals surface area contributed by atoms with Gasteiger partial charge in [0.05, 0.1) is 0 Å². The Morgan fingerprint density at radius 2 is 1.77 bits per heavy atom. The lowest BCUT2D eigenvalue weighted by molar-refractivity contribution is 0.665. The molecule has 0 nitrogen and oxygen atoms in total. The van der Waals surface area contributed by atoms with Gasteiger partial charge in [-0.15, -0.1) is 0 Å². The van der Waals surface area contributed by atoms with Crippen molar-refractivity contribution in [2.24, 2.45) is 0 Å². The molecule has 72 valence electrons. The van der Waals surface area contributed by atoms with E-state index in [9.17, 15) is 0 Å². The van der Waals surface area contributed by atoms with Gasteiger partial charge < -0.3 is 0 Å². The molecule has 0 aliphatic heterocycles. The van der Waals surface area contributed by atoms with E-state index in [2.05, 4.69) is 13.8 Å². The Bertz CT molecular complexity index is 261. The third-order valence-electron chi connectivity index (χ3n) is 2.21. The summed E-state index contributed by atoms with van der Waals surface area (Å²) in [6.07, 6.45) is 2.28. The minimum Gasteiger partial charge on any atom is -0.0840 e. The highest BCUT2D eigenvalue weighted by atomic mass is 35.5. The Labute approximate surface area is 89.9 Å². The zero-order chi connectivity index (χ0) is 9.84. The van der Waals surface area contributed by atoms with E-state index in [-0.39, 0.29) is 0 Å². The highest BCUT2D eigenvalue weighted by molar-refractivity contribution is 6.36. The topological polar surface area (TPSA) is 0 Å². The monoisotopic (exact) mass is 216 g/mol. The molecule has 0 radical (unpaired) electrons. The smallest absolute Gasteiger partial charge is 0.0455 e. The van der Waals surface area contributed by atoms with E-state index in [1.807, 2.05) is 18.2 Å². The van der Waals surface area contributed by atoms with E-state index in [0.717, 1.165) is 28.5 Å². The van der Waals surface area contributed by atoms with Crippen molar-refractivity contribution >= 4 is 23.2 Å². The van der Waals surface area contributed by atoms with Crippen LogP contribution >= 0.6 is 23.2 Å². The van der Waals surface area contributed by atoms with Gasteiger partial charge in [-0.2, -0.15) is 0 Å². The summed E-state index contributed by atoms with van der Waals surface area (Å²) < 4.78 is 0. The molecule has 1 rings (SSSR count). The number of rotatable bonds is 3. The standard InChI is InChI=1S/C11H14Cl2/c1-3-5-8(2)11-9(12)6-4-7-10(11)13/h4,6-8H,3,5H2,1-2H3. The predicted molar refractivity (Wildman–Crippen MR) is 59.8 cm³/mol. The van der Waals surface area contributed by atoms with E-state index < -0.39 is 0 Å². The molecular formula is C11H14Cl2. The first-order valence-electron chi connectivity index (χ1n) is 4.60. The molecule has 0 bridgehead atoms. The second kappa shape index (κ2) is 4.88. The van der Waals surface area contributed by atoms with Crippen molar-refractivity contribution in [1.29, 1.82) is 0 Å². The summed E-state index contributed by atoms with van der Waals surface area (Å²) in [5.74, 6) is 0.450. The minimum atomic E-state index is 0.450. The Morgan fingerprint density at radius 1 is 1.23 bits per heavy atom. The third kappa shape index (κ3) is 2.62. The van der Waals surface area contributed by atoms with Gasteiger partial charge >= 0.3 is 0 Å². The first-order valence-corrected chi connectivity index (χ1v) is 5.36. The van der Waals surface area contributed by atoms with Gasteiger partial charge in [-0.05, 0) is 30.0 Å². The summed E-state index contributed by atoms with van der Waals surface area (Å²) in [4.78, 5) is 0. The fourth-order valence-electron chi connectivity index (χ4n) is 1.56. The van der Waals surface area contributed by atoms with Crippen LogP contribution in [0.3, 0.4) is 0 Å². The lowest BCUT2D eigenvalue weighted by Crippen LogP contribution is -1.95. The van der Waals surface area contributed by atoms with Crippen LogP contribution in [0, 0.1) is 0 Å². The fraction of sp³-hybridized carbons (Fsp3) is 0.455. The fourth-order valence-corrected chi connectivity index (χ4v) is 2.33. The maximum Gasteiger partial charge on any atom is 0.0455 e. The number of hydrogen-bond acceptors (Lipinski definition) is 0. The Morgan fingerprint density at radius 3 is 2.23 bits per heavy atom. The molecule has 0 amide bonds. The van der Waals surface area contributed by atoms with Crippen molar-refractivity contribution in [3.8, 4) is 0 Å². The normalized spacial score (nSPS) is 12.9. The van der Waals surface area contributed by atoms with E-state index in [1.54, 1.807) is 0 Å². The zero-order valence-corrected chi connectivity index (χ0v) is 9.49. The minimum absolute atomic E-state index is 0.450. The Balaban J connectivity index is 2.98. The van der Waals surface area contributed by atoms with Crippen molar-refractivity contribution in [2.45, 2.75) is 32.6 Å². The molecule has 0 N–H and O–H groups in total. The summed E-state index contributed by atoms with van der Waals surface area (Å²) in [7, 11) is 0. The molecule has 1 unspecified atom stereocenters. The average molecular weight is 217 g/mol. The number of hydrogen-bond donors (Lipinski definition) is 0. The summed E-state index contributed by atoms with van der Waals surface area (Å²) in [6, 6.07) is 5.68. The van der Waals surface area contributed by atoms with Crippen LogP contribution < -0.4 is 0 Å². The summed E-state index contributed by atoms with van der Waals surface area (Å²) in [6.45, 7) is 4.33. The SMILES string of the molecule is CCCC(C)c1c(Cl)cccc1Cl. The molecule has 0 aliphatic carbocycles. The van der Waals surface area contributed by atoms with E-state index in [1.165, 1.54) is 0 Å². The van der Waals surface area contributed by atoms with Gasteiger partial charge in [-0.25, -0.2) is 0 Å². The molecule has 13 heavy (non-hydrogen) atoms. The zero-order valence-electron chi connectivity index (χ0n) is 7.98. The van der Waals surface area contributed by atoms with Gasteiger partial charge in [-0.3, -0.25) is 0 Å². The first kappa shape index (κ1) is 10.9. The third-order valence-corrected chi connectivity index (χ3v) is 2.87.